The van der Waals surface area contributed by atoms with Crippen LogP contribution in [0.3, 0.4) is 0 Å². The fourth-order valence-electron chi connectivity index (χ4n) is 1.51. The quantitative estimate of drug-likeness (QED) is 0.892. The third-order valence-corrected chi connectivity index (χ3v) is 2.97. The van der Waals surface area contributed by atoms with Crippen LogP contribution in [0.2, 0.25) is 0 Å². The highest BCUT2D eigenvalue weighted by molar-refractivity contribution is 9.10. The Morgan fingerprint density at radius 1 is 1.27 bits per heavy atom. The molecule has 0 heterocycles. The van der Waals surface area contributed by atoms with Gasteiger partial charge in [-0.15, -0.1) is 0 Å². The van der Waals surface area contributed by atoms with Crippen molar-refractivity contribution in [2.24, 2.45) is 5.73 Å². The fraction of sp³-hybridized carbons (Fsp3) is 0.500. The third kappa shape index (κ3) is 4.33. The van der Waals surface area contributed by atoms with Crippen LogP contribution < -0.4 is 5.73 Å². The van der Waals surface area contributed by atoms with Crippen molar-refractivity contribution >= 4 is 15.9 Å². The average molecular weight is 271 g/mol. The van der Waals surface area contributed by atoms with Crippen molar-refractivity contribution in [2.45, 2.75) is 26.4 Å². The Labute approximate surface area is 101 Å². The zero-order valence-corrected chi connectivity index (χ0v) is 11.0. The minimum Gasteiger partial charge on any atom is -0.329 e. The maximum Gasteiger partial charge on any atom is 0.0236 e. The molecule has 0 fully saturated rings. The molecule has 3 heteroatoms. The van der Waals surface area contributed by atoms with Gasteiger partial charge in [0.1, 0.15) is 0 Å². The molecule has 0 atom stereocenters. The number of hydrogen-bond donors (Lipinski definition) is 1. The molecule has 0 unspecified atom stereocenters. The van der Waals surface area contributed by atoms with Crippen LogP contribution in [0.1, 0.15) is 19.4 Å². The molecule has 0 saturated heterocycles. The first-order chi connectivity index (χ1) is 7.13. The summed E-state index contributed by atoms with van der Waals surface area (Å²) in [4.78, 5) is 2.38. The topological polar surface area (TPSA) is 29.3 Å². The van der Waals surface area contributed by atoms with Gasteiger partial charge in [0.25, 0.3) is 0 Å². The summed E-state index contributed by atoms with van der Waals surface area (Å²) in [6.07, 6.45) is 0. The average Bonchev–Trinajstić information content (AvgIpc) is 2.20. The Bertz CT molecular complexity index is 282. The summed E-state index contributed by atoms with van der Waals surface area (Å²) >= 11 is 3.44. The van der Waals surface area contributed by atoms with E-state index in [2.05, 4.69) is 58.9 Å². The molecule has 0 amide bonds. The lowest BCUT2D eigenvalue weighted by Gasteiger charge is -2.25. The molecule has 0 aliphatic heterocycles. The zero-order chi connectivity index (χ0) is 11.3. The second kappa shape index (κ2) is 6.26. The number of benzene rings is 1. The Kier molecular flexibility index (Phi) is 5.29. The molecule has 0 bridgehead atoms. The van der Waals surface area contributed by atoms with Crippen molar-refractivity contribution in [3.05, 3.63) is 34.3 Å². The van der Waals surface area contributed by atoms with Gasteiger partial charge in [-0.1, -0.05) is 28.1 Å². The van der Waals surface area contributed by atoms with Gasteiger partial charge in [-0.3, -0.25) is 4.90 Å². The molecule has 0 aliphatic rings. The number of rotatable bonds is 5. The van der Waals surface area contributed by atoms with Crippen molar-refractivity contribution in [1.82, 2.24) is 4.90 Å². The van der Waals surface area contributed by atoms with E-state index in [-0.39, 0.29) is 0 Å². The van der Waals surface area contributed by atoms with E-state index in [4.69, 9.17) is 5.73 Å². The van der Waals surface area contributed by atoms with Gasteiger partial charge < -0.3 is 5.73 Å². The first-order valence-corrected chi connectivity index (χ1v) is 6.11. The van der Waals surface area contributed by atoms with E-state index in [1.165, 1.54) is 5.56 Å². The predicted molar refractivity (Wildman–Crippen MR) is 68.7 cm³/mol. The van der Waals surface area contributed by atoms with E-state index in [1.807, 2.05) is 0 Å². The predicted octanol–water partition coefficient (Wildman–Crippen LogP) is 2.62. The van der Waals surface area contributed by atoms with Crippen molar-refractivity contribution in [2.75, 3.05) is 13.1 Å². The van der Waals surface area contributed by atoms with Gasteiger partial charge in [-0.25, -0.2) is 0 Å². The van der Waals surface area contributed by atoms with Gasteiger partial charge >= 0.3 is 0 Å². The molecule has 84 valence electrons. The molecule has 1 rings (SSSR count). The highest BCUT2D eigenvalue weighted by atomic mass is 79.9. The molecular formula is C12H19BrN2. The molecule has 0 saturated carbocycles. The van der Waals surface area contributed by atoms with E-state index in [0.717, 1.165) is 17.6 Å². The van der Waals surface area contributed by atoms with Crippen LogP contribution >= 0.6 is 15.9 Å². The van der Waals surface area contributed by atoms with Crippen molar-refractivity contribution in [3.63, 3.8) is 0 Å². The van der Waals surface area contributed by atoms with Gasteiger partial charge in [-0.05, 0) is 31.5 Å². The van der Waals surface area contributed by atoms with E-state index < -0.39 is 0 Å². The maximum atomic E-state index is 5.60. The summed E-state index contributed by atoms with van der Waals surface area (Å²) in [6, 6.07) is 9.00. The molecule has 0 spiro atoms. The summed E-state index contributed by atoms with van der Waals surface area (Å²) in [7, 11) is 0. The molecule has 0 radical (unpaired) electrons. The second-order valence-corrected chi connectivity index (χ2v) is 4.90. The van der Waals surface area contributed by atoms with Gasteiger partial charge in [0, 0.05) is 30.1 Å². The lowest BCUT2D eigenvalue weighted by molar-refractivity contribution is 0.219. The Morgan fingerprint density at radius 3 is 2.33 bits per heavy atom. The minimum atomic E-state index is 0.539. The number of halogens is 1. The Balaban J connectivity index is 2.61. The molecule has 15 heavy (non-hydrogen) atoms. The number of nitrogens with zero attached hydrogens (tertiary/aromatic N) is 1. The Hall–Kier alpha value is -0.380. The van der Waals surface area contributed by atoms with Crippen LogP contribution in [0.4, 0.5) is 0 Å². The molecule has 1 aromatic carbocycles. The van der Waals surface area contributed by atoms with Crippen LogP contribution in [0, 0.1) is 0 Å². The fourth-order valence-corrected chi connectivity index (χ4v) is 1.77. The number of nitrogens with two attached hydrogens (primary N) is 1. The largest absolute Gasteiger partial charge is 0.329 e. The van der Waals surface area contributed by atoms with E-state index >= 15 is 0 Å². The standard InChI is InChI=1S/C12H19BrN2/c1-10(2)15(8-7-14)9-11-3-5-12(13)6-4-11/h3-6,10H,7-9,14H2,1-2H3. The van der Waals surface area contributed by atoms with Crippen molar-refractivity contribution in [3.8, 4) is 0 Å². The molecule has 0 aliphatic carbocycles. The van der Waals surface area contributed by atoms with E-state index in [0.29, 0.717) is 12.6 Å². The lowest BCUT2D eigenvalue weighted by Crippen LogP contribution is -2.34. The summed E-state index contributed by atoms with van der Waals surface area (Å²) in [6.45, 7) is 7.05. The first-order valence-electron chi connectivity index (χ1n) is 5.32. The van der Waals surface area contributed by atoms with Crippen LogP contribution in [-0.2, 0) is 6.54 Å². The molecule has 2 N–H and O–H groups in total. The summed E-state index contributed by atoms with van der Waals surface area (Å²) in [5, 5.41) is 0. The van der Waals surface area contributed by atoms with Gasteiger partial charge in [0.05, 0.1) is 0 Å². The summed E-state index contributed by atoms with van der Waals surface area (Å²) < 4.78 is 1.13. The second-order valence-electron chi connectivity index (χ2n) is 3.98. The molecule has 2 nitrogen and oxygen atoms in total. The summed E-state index contributed by atoms with van der Waals surface area (Å²) in [5.74, 6) is 0. The normalized spacial score (nSPS) is 11.3. The number of hydrogen-bond acceptors (Lipinski definition) is 2. The van der Waals surface area contributed by atoms with Crippen LogP contribution in [-0.4, -0.2) is 24.0 Å². The van der Waals surface area contributed by atoms with Gasteiger partial charge in [0.15, 0.2) is 0 Å². The van der Waals surface area contributed by atoms with Crippen molar-refractivity contribution in [1.29, 1.82) is 0 Å². The molecule has 0 aromatic heterocycles. The summed E-state index contributed by atoms with van der Waals surface area (Å²) in [5.41, 5.74) is 6.93. The maximum absolute atomic E-state index is 5.60. The van der Waals surface area contributed by atoms with Crippen LogP contribution in [0.25, 0.3) is 0 Å². The zero-order valence-electron chi connectivity index (χ0n) is 9.41. The van der Waals surface area contributed by atoms with Crippen LogP contribution in [0.15, 0.2) is 28.7 Å². The lowest BCUT2D eigenvalue weighted by atomic mass is 10.2. The highest BCUT2D eigenvalue weighted by Crippen LogP contribution is 2.13. The highest BCUT2D eigenvalue weighted by Gasteiger charge is 2.08. The minimum absolute atomic E-state index is 0.539. The van der Waals surface area contributed by atoms with E-state index in [9.17, 15) is 0 Å². The Morgan fingerprint density at radius 2 is 1.87 bits per heavy atom. The SMILES string of the molecule is CC(C)N(CCN)Cc1ccc(Br)cc1. The van der Waals surface area contributed by atoms with Gasteiger partial charge in [0.2, 0.25) is 0 Å². The third-order valence-electron chi connectivity index (χ3n) is 2.45. The monoisotopic (exact) mass is 270 g/mol. The first kappa shape index (κ1) is 12.7. The van der Waals surface area contributed by atoms with Crippen LogP contribution in [0.5, 0.6) is 0 Å². The molecule has 1 aromatic rings. The van der Waals surface area contributed by atoms with E-state index in [1.54, 1.807) is 0 Å². The molecular weight excluding hydrogens is 252 g/mol. The van der Waals surface area contributed by atoms with Crippen molar-refractivity contribution < 1.29 is 0 Å². The van der Waals surface area contributed by atoms with Gasteiger partial charge in [-0.2, -0.15) is 0 Å². The smallest absolute Gasteiger partial charge is 0.0236 e.